The fourth-order valence-electron chi connectivity index (χ4n) is 3.59. The van der Waals surface area contributed by atoms with Crippen LogP contribution >= 0.6 is 0 Å². The summed E-state index contributed by atoms with van der Waals surface area (Å²) in [6, 6.07) is 12.4. The number of anilines is 1. The molecule has 0 aliphatic carbocycles. The topological polar surface area (TPSA) is 64.4 Å². The molecule has 2 aliphatic rings. The van der Waals surface area contributed by atoms with Crippen molar-refractivity contribution >= 4 is 28.4 Å². The van der Waals surface area contributed by atoms with Crippen molar-refractivity contribution in [2.75, 3.05) is 11.4 Å². The zero-order chi connectivity index (χ0) is 16.0. The van der Waals surface area contributed by atoms with Crippen LogP contribution in [0.4, 0.5) is 10.5 Å². The monoisotopic (exact) mass is 305 g/mol. The van der Waals surface area contributed by atoms with Gasteiger partial charge in [-0.05, 0) is 31.4 Å². The van der Waals surface area contributed by atoms with Crippen molar-refractivity contribution in [3.8, 4) is 6.07 Å². The van der Waals surface area contributed by atoms with Gasteiger partial charge in [0.1, 0.15) is 6.04 Å². The van der Waals surface area contributed by atoms with Crippen LogP contribution in [-0.4, -0.2) is 29.4 Å². The third-order valence-electron chi connectivity index (χ3n) is 4.71. The minimum Gasteiger partial charge on any atom is -0.312 e. The molecule has 0 unspecified atom stereocenters. The Labute approximate surface area is 133 Å². The molecule has 4 rings (SSSR count). The quantitative estimate of drug-likeness (QED) is 0.761. The van der Waals surface area contributed by atoms with Gasteiger partial charge in [-0.25, -0.2) is 9.69 Å². The van der Waals surface area contributed by atoms with E-state index in [0.717, 1.165) is 30.0 Å². The zero-order valence-corrected chi connectivity index (χ0v) is 12.5. The Kier molecular flexibility index (Phi) is 3.05. The predicted molar refractivity (Wildman–Crippen MR) is 85.9 cm³/mol. The van der Waals surface area contributed by atoms with Gasteiger partial charge in [0.25, 0.3) is 5.91 Å². The predicted octanol–water partition coefficient (Wildman–Crippen LogP) is 3.03. The normalized spacial score (nSPS) is 20.7. The van der Waals surface area contributed by atoms with Gasteiger partial charge < -0.3 is 4.90 Å². The van der Waals surface area contributed by atoms with Crippen molar-refractivity contribution in [2.24, 2.45) is 0 Å². The molecule has 1 atom stereocenters. The van der Waals surface area contributed by atoms with Gasteiger partial charge in [0.15, 0.2) is 0 Å². The molecule has 2 aliphatic heterocycles. The number of imide groups is 1. The maximum atomic E-state index is 12.7. The van der Waals surface area contributed by atoms with Gasteiger partial charge in [0.2, 0.25) is 0 Å². The standard InChI is InChI=1S/C18H15N3O2/c19-11-12-8-9-15(14-6-2-1-5-13(12)14)21-17(22)16-7-3-4-10-20(16)18(21)23/h1-2,5-6,8-9,16H,3-4,7,10H2/t16-/m1/s1. The second kappa shape index (κ2) is 5.10. The minimum absolute atomic E-state index is 0.149. The summed E-state index contributed by atoms with van der Waals surface area (Å²) in [7, 11) is 0. The number of carbonyl (C=O) groups excluding carboxylic acids is 2. The van der Waals surface area contributed by atoms with E-state index < -0.39 is 0 Å². The first-order chi connectivity index (χ1) is 11.2. The van der Waals surface area contributed by atoms with Crippen LogP contribution in [-0.2, 0) is 4.79 Å². The molecule has 0 saturated carbocycles. The molecular weight excluding hydrogens is 290 g/mol. The van der Waals surface area contributed by atoms with Gasteiger partial charge >= 0.3 is 6.03 Å². The molecular formula is C18H15N3O2. The number of piperidine rings is 1. The van der Waals surface area contributed by atoms with Crippen molar-refractivity contribution in [2.45, 2.75) is 25.3 Å². The van der Waals surface area contributed by atoms with E-state index in [0.29, 0.717) is 17.8 Å². The highest BCUT2D eigenvalue weighted by Gasteiger charge is 2.46. The van der Waals surface area contributed by atoms with Gasteiger partial charge in [0.05, 0.1) is 17.3 Å². The van der Waals surface area contributed by atoms with E-state index in [9.17, 15) is 14.9 Å². The van der Waals surface area contributed by atoms with E-state index in [2.05, 4.69) is 6.07 Å². The Hall–Kier alpha value is -2.87. The van der Waals surface area contributed by atoms with Crippen molar-refractivity contribution in [1.29, 1.82) is 5.26 Å². The van der Waals surface area contributed by atoms with Crippen molar-refractivity contribution < 1.29 is 9.59 Å². The van der Waals surface area contributed by atoms with E-state index in [1.807, 2.05) is 24.3 Å². The van der Waals surface area contributed by atoms with Crippen LogP contribution in [0.5, 0.6) is 0 Å². The third-order valence-corrected chi connectivity index (χ3v) is 4.71. The molecule has 5 heteroatoms. The van der Waals surface area contributed by atoms with E-state index in [1.165, 1.54) is 4.90 Å². The molecule has 5 nitrogen and oxygen atoms in total. The number of benzene rings is 2. The number of carbonyl (C=O) groups is 2. The molecule has 23 heavy (non-hydrogen) atoms. The van der Waals surface area contributed by atoms with E-state index in [-0.39, 0.29) is 18.0 Å². The summed E-state index contributed by atoms with van der Waals surface area (Å²) in [6.45, 7) is 0.639. The molecule has 0 aromatic heterocycles. The van der Waals surface area contributed by atoms with Crippen LogP contribution in [0.1, 0.15) is 24.8 Å². The molecule has 0 bridgehead atoms. The SMILES string of the molecule is N#Cc1ccc(N2C(=O)[C@H]3CCCCN3C2=O)c2ccccc12. The highest BCUT2D eigenvalue weighted by Crippen LogP contribution is 2.35. The van der Waals surface area contributed by atoms with Gasteiger partial charge in [-0.1, -0.05) is 24.3 Å². The average Bonchev–Trinajstić information content (AvgIpc) is 2.85. The number of hydrogen-bond acceptors (Lipinski definition) is 3. The van der Waals surface area contributed by atoms with E-state index >= 15 is 0 Å². The lowest BCUT2D eigenvalue weighted by Gasteiger charge is -2.26. The Morgan fingerprint density at radius 1 is 1.04 bits per heavy atom. The highest BCUT2D eigenvalue weighted by molar-refractivity contribution is 6.24. The highest BCUT2D eigenvalue weighted by atomic mass is 16.2. The van der Waals surface area contributed by atoms with Crippen LogP contribution in [0.15, 0.2) is 36.4 Å². The van der Waals surface area contributed by atoms with Gasteiger partial charge in [0, 0.05) is 17.3 Å². The zero-order valence-electron chi connectivity index (χ0n) is 12.5. The summed E-state index contributed by atoms with van der Waals surface area (Å²) in [5.74, 6) is -0.149. The number of amides is 3. The molecule has 3 amide bonds. The summed E-state index contributed by atoms with van der Waals surface area (Å²) >= 11 is 0. The van der Waals surface area contributed by atoms with Crippen LogP contribution in [0, 0.1) is 11.3 Å². The second-order valence-corrected chi connectivity index (χ2v) is 5.95. The Morgan fingerprint density at radius 2 is 1.83 bits per heavy atom. The summed E-state index contributed by atoms with van der Waals surface area (Å²) < 4.78 is 0. The van der Waals surface area contributed by atoms with Crippen LogP contribution in [0.2, 0.25) is 0 Å². The summed E-state index contributed by atoms with van der Waals surface area (Å²) in [5.41, 5.74) is 1.12. The first-order valence-electron chi connectivity index (χ1n) is 7.79. The molecule has 2 heterocycles. The number of urea groups is 1. The minimum atomic E-state index is -0.328. The molecule has 2 fully saturated rings. The molecule has 2 aromatic carbocycles. The maximum Gasteiger partial charge on any atom is 0.332 e. The molecule has 0 spiro atoms. The number of fused-ring (bicyclic) bond motifs is 2. The van der Waals surface area contributed by atoms with Crippen LogP contribution < -0.4 is 4.90 Å². The largest absolute Gasteiger partial charge is 0.332 e. The molecule has 114 valence electrons. The Bertz CT molecular complexity index is 844. The van der Waals surface area contributed by atoms with E-state index in [1.54, 1.807) is 17.0 Å². The van der Waals surface area contributed by atoms with Crippen molar-refractivity contribution in [3.63, 3.8) is 0 Å². The Balaban J connectivity index is 1.88. The van der Waals surface area contributed by atoms with Crippen molar-refractivity contribution in [1.82, 2.24) is 4.90 Å². The smallest absolute Gasteiger partial charge is 0.312 e. The van der Waals surface area contributed by atoms with Gasteiger partial charge in [-0.15, -0.1) is 0 Å². The van der Waals surface area contributed by atoms with Crippen LogP contribution in [0.3, 0.4) is 0 Å². The van der Waals surface area contributed by atoms with E-state index in [4.69, 9.17) is 0 Å². The molecule has 0 radical (unpaired) electrons. The summed E-state index contributed by atoms with van der Waals surface area (Å²) in [5, 5.41) is 10.8. The average molecular weight is 305 g/mol. The lowest BCUT2D eigenvalue weighted by molar-refractivity contribution is -0.120. The first kappa shape index (κ1) is 13.8. The van der Waals surface area contributed by atoms with Crippen molar-refractivity contribution in [3.05, 3.63) is 42.0 Å². The molecule has 2 saturated heterocycles. The number of hydrogen-bond donors (Lipinski definition) is 0. The number of nitrogens with zero attached hydrogens (tertiary/aromatic N) is 3. The third kappa shape index (κ3) is 1.92. The maximum absolute atomic E-state index is 12.7. The molecule has 2 aromatic rings. The fourth-order valence-corrected chi connectivity index (χ4v) is 3.59. The fraction of sp³-hybridized carbons (Fsp3) is 0.278. The number of nitriles is 1. The lowest BCUT2D eigenvalue weighted by atomic mass is 10.0. The van der Waals surface area contributed by atoms with Crippen LogP contribution in [0.25, 0.3) is 10.8 Å². The summed E-state index contributed by atoms with van der Waals surface area (Å²) in [6.07, 6.45) is 2.65. The van der Waals surface area contributed by atoms with Gasteiger partial charge in [-0.2, -0.15) is 5.26 Å². The summed E-state index contributed by atoms with van der Waals surface area (Å²) in [4.78, 5) is 28.4. The first-order valence-corrected chi connectivity index (χ1v) is 7.79. The molecule has 0 N–H and O–H groups in total. The lowest BCUT2D eigenvalue weighted by Crippen LogP contribution is -2.39. The number of rotatable bonds is 1. The second-order valence-electron chi connectivity index (χ2n) is 5.95. The Morgan fingerprint density at radius 3 is 2.57 bits per heavy atom. The van der Waals surface area contributed by atoms with Gasteiger partial charge in [-0.3, -0.25) is 4.79 Å².